The second-order valence-corrected chi connectivity index (χ2v) is 6.82. The summed E-state index contributed by atoms with van der Waals surface area (Å²) >= 11 is 0. The molecule has 148 valence electrons. The number of carbonyl (C=O) groups is 2. The molecule has 1 amide bonds. The van der Waals surface area contributed by atoms with Crippen LogP contribution in [0, 0.1) is 6.92 Å². The smallest absolute Gasteiger partial charge is 0.307 e. The minimum Gasteiger partial charge on any atom is -0.493 e. The number of carbonyl (C=O) groups excluding carboxylic acids is 2. The Kier molecular flexibility index (Phi) is 5.87. The van der Waals surface area contributed by atoms with Gasteiger partial charge in [-0.3, -0.25) is 9.59 Å². The molecule has 6 nitrogen and oxygen atoms in total. The number of hydrogen-bond donors (Lipinski definition) is 0. The lowest BCUT2D eigenvalue weighted by atomic mass is 9.89. The largest absolute Gasteiger partial charge is 0.493 e. The number of methoxy groups -OCH3 is 3. The minimum atomic E-state index is -0.427. The fourth-order valence-electron chi connectivity index (χ4n) is 3.68. The first kappa shape index (κ1) is 19.7. The molecule has 0 aliphatic carbocycles. The van der Waals surface area contributed by atoms with Gasteiger partial charge in [-0.25, -0.2) is 0 Å². The molecule has 1 aliphatic heterocycles. The van der Waals surface area contributed by atoms with Crippen LogP contribution in [0.1, 0.15) is 39.5 Å². The van der Waals surface area contributed by atoms with Crippen molar-refractivity contribution in [3.05, 3.63) is 58.7 Å². The topological polar surface area (TPSA) is 65.1 Å². The summed E-state index contributed by atoms with van der Waals surface area (Å²) in [5, 5.41) is 0. The summed E-state index contributed by atoms with van der Waals surface area (Å²) in [6.07, 6.45) is 0.751. The number of hydrogen-bond acceptors (Lipinski definition) is 5. The van der Waals surface area contributed by atoms with Gasteiger partial charge in [0, 0.05) is 12.1 Å². The second-order valence-electron chi connectivity index (χ2n) is 6.82. The van der Waals surface area contributed by atoms with Gasteiger partial charge in [0.25, 0.3) is 5.91 Å². The highest BCUT2D eigenvalue weighted by Gasteiger charge is 2.34. The van der Waals surface area contributed by atoms with Gasteiger partial charge < -0.3 is 19.1 Å². The van der Waals surface area contributed by atoms with Crippen molar-refractivity contribution < 1.29 is 23.8 Å². The average Bonchev–Trinajstić information content (AvgIpc) is 2.72. The number of fused-ring (bicyclic) bond motifs is 1. The Bertz CT molecular complexity index is 892. The molecular formula is C22H25NO5. The van der Waals surface area contributed by atoms with Crippen LogP contribution in [-0.2, 0) is 16.0 Å². The van der Waals surface area contributed by atoms with Gasteiger partial charge in [-0.15, -0.1) is 0 Å². The van der Waals surface area contributed by atoms with Crippen molar-refractivity contribution in [1.82, 2.24) is 4.90 Å². The summed E-state index contributed by atoms with van der Waals surface area (Å²) in [4.78, 5) is 27.1. The van der Waals surface area contributed by atoms with Crippen LogP contribution in [0.4, 0.5) is 0 Å². The quantitative estimate of drug-likeness (QED) is 0.741. The van der Waals surface area contributed by atoms with Gasteiger partial charge >= 0.3 is 5.97 Å². The van der Waals surface area contributed by atoms with E-state index in [0.717, 1.165) is 16.7 Å². The van der Waals surface area contributed by atoms with Gasteiger partial charge in [0.2, 0.25) is 0 Å². The third-order valence-corrected chi connectivity index (χ3v) is 5.12. The van der Waals surface area contributed by atoms with Gasteiger partial charge in [-0.1, -0.05) is 17.7 Å². The summed E-state index contributed by atoms with van der Waals surface area (Å²) in [6.45, 7) is 2.46. The SMILES string of the molecule is COC(=O)C[C@@H]1c2cc(OC)c(OC)cc2CCN1C(=O)c1cccc(C)c1. The molecule has 1 heterocycles. The molecule has 0 N–H and O–H groups in total. The predicted molar refractivity (Wildman–Crippen MR) is 105 cm³/mol. The molecule has 0 bridgehead atoms. The molecule has 1 atom stereocenters. The lowest BCUT2D eigenvalue weighted by Gasteiger charge is -2.37. The molecule has 6 heteroatoms. The van der Waals surface area contributed by atoms with Gasteiger partial charge in [-0.05, 0) is 48.7 Å². The number of esters is 1. The van der Waals surface area contributed by atoms with Crippen molar-refractivity contribution in [2.75, 3.05) is 27.9 Å². The van der Waals surface area contributed by atoms with Crippen molar-refractivity contribution in [2.24, 2.45) is 0 Å². The predicted octanol–water partition coefficient (Wildman–Crippen LogP) is 3.31. The van der Waals surface area contributed by atoms with Crippen molar-refractivity contribution in [3.8, 4) is 11.5 Å². The van der Waals surface area contributed by atoms with Crippen LogP contribution in [0.2, 0.25) is 0 Å². The van der Waals surface area contributed by atoms with Crippen LogP contribution in [0.25, 0.3) is 0 Å². The first-order chi connectivity index (χ1) is 13.5. The zero-order chi connectivity index (χ0) is 20.3. The van der Waals surface area contributed by atoms with E-state index in [0.29, 0.717) is 30.0 Å². The standard InChI is InChI=1S/C22H25NO5/c1-14-6-5-7-16(10-14)22(25)23-9-8-15-11-19(26-2)20(27-3)12-17(15)18(23)13-21(24)28-4/h5-7,10-12,18H,8-9,13H2,1-4H3/t18-/m1/s1. The summed E-state index contributed by atoms with van der Waals surface area (Å²) in [5.41, 5.74) is 3.55. The molecular weight excluding hydrogens is 358 g/mol. The first-order valence-corrected chi connectivity index (χ1v) is 9.17. The molecule has 28 heavy (non-hydrogen) atoms. The van der Waals surface area contributed by atoms with E-state index in [4.69, 9.17) is 14.2 Å². The van der Waals surface area contributed by atoms with E-state index in [1.165, 1.54) is 7.11 Å². The molecule has 0 spiro atoms. The molecule has 3 rings (SSSR count). The first-order valence-electron chi connectivity index (χ1n) is 9.17. The molecule has 0 fully saturated rings. The Balaban J connectivity index is 2.04. The van der Waals surface area contributed by atoms with Crippen LogP contribution >= 0.6 is 0 Å². The van der Waals surface area contributed by atoms with Crippen LogP contribution in [0.3, 0.4) is 0 Å². The summed E-state index contributed by atoms with van der Waals surface area (Å²) in [6, 6.07) is 10.8. The number of nitrogens with zero attached hydrogens (tertiary/aromatic N) is 1. The lowest BCUT2D eigenvalue weighted by Crippen LogP contribution is -2.41. The van der Waals surface area contributed by atoms with Crippen molar-refractivity contribution >= 4 is 11.9 Å². The van der Waals surface area contributed by atoms with Crippen LogP contribution in [0.15, 0.2) is 36.4 Å². The van der Waals surface area contributed by atoms with E-state index in [9.17, 15) is 9.59 Å². The zero-order valence-electron chi connectivity index (χ0n) is 16.7. The highest BCUT2D eigenvalue weighted by atomic mass is 16.5. The Labute approximate surface area is 165 Å². The van der Waals surface area contributed by atoms with Gasteiger partial charge in [-0.2, -0.15) is 0 Å². The number of amides is 1. The van der Waals surface area contributed by atoms with Crippen molar-refractivity contribution in [3.63, 3.8) is 0 Å². The highest BCUT2D eigenvalue weighted by Crippen LogP contribution is 2.40. The van der Waals surface area contributed by atoms with Crippen LogP contribution in [0.5, 0.6) is 11.5 Å². The molecule has 0 saturated carbocycles. The summed E-state index contributed by atoms with van der Waals surface area (Å²) in [7, 11) is 4.51. The third kappa shape index (κ3) is 3.81. The lowest BCUT2D eigenvalue weighted by molar-refractivity contribution is -0.141. The van der Waals surface area contributed by atoms with Crippen LogP contribution < -0.4 is 9.47 Å². The van der Waals surface area contributed by atoms with Gasteiger partial charge in [0.15, 0.2) is 11.5 Å². The highest BCUT2D eigenvalue weighted by molar-refractivity contribution is 5.95. The normalized spacial score (nSPS) is 15.6. The number of benzene rings is 2. The maximum Gasteiger partial charge on any atom is 0.307 e. The summed E-state index contributed by atoms with van der Waals surface area (Å²) in [5.74, 6) is 0.741. The maximum atomic E-state index is 13.2. The van der Waals surface area contributed by atoms with E-state index in [1.54, 1.807) is 25.2 Å². The monoisotopic (exact) mass is 383 g/mol. The minimum absolute atomic E-state index is 0.0799. The Morgan fingerprint density at radius 2 is 1.79 bits per heavy atom. The molecule has 0 unspecified atom stereocenters. The van der Waals surface area contributed by atoms with Crippen molar-refractivity contribution in [1.29, 1.82) is 0 Å². The zero-order valence-corrected chi connectivity index (χ0v) is 16.7. The molecule has 0 saturated heterocycles. The average molecular weight is 383 g/mol. The molecule has 1 aliphatic rings. The van der Waals surface area contributed by atoms with Gasteiger partial charge in [0.1, 0.15) is 0 Å². The van der Waals surface area contributed by atoms with Crippen LogP contribution in [-0.4, -0.2) is 44.7 Å². The number of rotatable bonds is 5. The van der Waals surface area contributed by atoms with E-state index >= 15 is 0 Å². The maximum absolute atomic E-state index is 13.2. The second kappa shape index (κ2) is 8.33. The molecule has 2 aromatic carbocycles. The summed E-state index contributed by atoms with van der Waals surface area (Å²) < 4.78 is 15.7. The molecule has 0 aromatic heterocycles. The van der Waals surface area contributed by atoms with E-state index in [1.807, 2.05) is 37.3 Å². The Morgan fingerprint density at radius 1 is 1.07 bits per heavy atom. The fourth-order valence-corrected chi connectivity index (χ4v) is 3.68. The fraction of sp³-hybridized carbons (Fsp3) is 0.364. The third-order valence-electron chi connectivity index (χ3n) is 5.12. The van der Waals surface area contributed by atoms with Crippen molar-refractivity contribution in [2.45, 2.75) is 25.8 Å². The Hall–Kier alpha value is -3.02. The van der Waals surface area contributed by atoms with Gasteiger partial charge in [0.05, 0.1) is 33.8 Å². The number of ether oxygens (including phenoxy) is 3. The van der Waals surface area contributed by atoms with E-state index in [2.05, 4.69) is 0 Å². The Morgan fingerprint density at radius 3 is 2.43 bits per heavy atom. The molecule has 2 aromatic rings. The molecule has 0 radical (unpaired) electrons. The number of aryl methyl sites for hydroxylation is 1. The van der Waals surface area contributed by atoms with E-state index in [-0.39, 0.29) is 18.3 Å². The van der Waals surface area contributed by atoms with E-state index < -0.39 is 6.04 Å².